The monoisotopic (exact) mass is 605 g/mol. The molecule has 0 saturated heterocycles. The molecule has 4 rings (SSSR count). The van der Waals surface area contributed by atoms with Crippen LogP contribution in [-0.2, 0) is 26.0 Å². The Kier molecular flexibility index (Phi) is 11.2. The molecule has 0 spiro atoms. The molecule has 1 aliphatic carbocycles. The van der Waals surface area contributed by atoms with Crippen LogP contribution in [0.1, 0.15) is 57.1 Å². The Labute approximate surface area is 256 Å². The fourth-order valence-electron chi connectivity index (χ4n) is 5.38. The molecular weight excluding hydrogens is 562 g/mol. The number of hydrogen-bond acceptors (Lipinski definition) is 5. The Morgan fingerprint density at radius 3 is 2.21 bits per heavy atom. The van der Waals surface area contributed by atoms with Crippen LogP contribution in [0.15, 0.2) is 83.8 Å². The Morgan fingerprint density at radius 1 is 0.930 bits per heavy atom. The van der Waals surface area contributed by atoms with Crippen molar-refractivity contribution >= 4 is 27.5 Å². The molecule has 1 atom stereocenters. The van der Waals surface area contributed by atoms with Crippen LogP contribution in [0.2, 0.25) is 0 Å². The van der Waals surface area contributed by atoms with Gasteiger partial charge in [0.05, 0.1) is 17.2 Å². The normalized spacial score (nSPS) is 14.5. The Bertz CT molecular complexity index is 1440. The fraction of sp³-hybridized carbons (Fsp3) is 0.412. The van der Waals surface area contributed by atoms with E-state index in [1.807, 2.05) is 44.2 Å². The number of sulfonamides is 1. The molecule has 0 heterocycles. The first-order chi connectivity index (χ1) is 20.7. The first kappa shape index (κ1) is 32.1. The number of nitrogens with one attached hydrogen (secondary N) is 1. The molecule has 1 N–H and O–H groups in total. The first-order valence-electron chi connectivity index (χ1n) is 15.1. The molecule has 9 heteroatoms. The summed E-state index contributed by atoms with van der Waals surface area (Å²) in [4.78, 5) is 29.1. The van der Waals surface area contributed by atoms with Crippen molar-refractivity contribution in [2.75, 3.05) is 24.0 Å². The highest BCUT2D eigenvalue weighted by Crippen LogP contribution is 2.27. The third kappa shape index (κ3) is 8.60. The maximum Gasteiger partial charge on any atom is 0.264 e. The Balaban J connectivity index is 1.64. The molecule has 2 amide bonds. The van der Waals surface area contributed by atoms with Crippen molar-refractivity contribution in [1.29, 1.82) is 0 Å². The van der Waals surface area contributed by atoms with Gasteiger partial charge in [-0.25, -0.2) is 8.42 Å². The lowest BCUT2D eigenvalue weighted by Gasteiger charge is -2.33. The molecule has 0 radical (unpaired) electrons. The summed E-state index contributed by atoms with van der Waals surface area (Å²) in [5.41, 5.74) is 2.28. The number of rotatable bonds is 13. The van der Waals surface area contributed by atoms with Gasteiger partial charge in [0.25, 0.3) is 10.0 Å². The van der Waals surface area contributed by atoms with Crippen LogP contribution in [0.4, 0.5) is 5.69 Å². The minimum absolute atomic E-state index is 0.0821. The topological polar surface area (TPSA) is 96.0 Å². The SMILES string of the molecule is CCOc1ccc(N(CC(=O)N(CCc2ccccc2)[C@@H](C)C(=O)NC2CCCCC2)S(=O)(=O)c2ccc(C)cc2)cc1. The van der Waals surface area contributed by atoms with Crippen molar-refractivity contribution in [1.82, 2.24) is 10.2 Å². The van der Waals surface area contributed by atoms with Gasteiger partial charge in [-0.15, -0.1) is 0 Å². The fourth-order valence-corrected chi connectivity index (χ4v) is 6.79. The third-order valence-corrected chi connectivity index (χ3v) is 9.71. The summed E-state index contributed by atoms with van der Waals surface area (Å²) in [6.45, 7) is 5.76. The molecule has 43 heavy (non-hydrogen) atoms. The van der Waals surface area contributed by atoms with Crippen LogP contribution >= 0.6 is 0 Å². The Morgan fingerprint density at radius 2 is 1.58 bits per heavy atom. The number of amides is 2. The lowest BCUT2D eigenvalue weighted by atomic mass is 9.95. The molecule has 1 fully saturated rings. The zero-order valence-corrected chi connectivity index (χ0v) is 26.2. The van der Waals surface area contributed by atoms with Gasteiger partial charge in [-0.1, -0.05) is 67.3 Å². The van der Waals surface area contributed by atoms with Gasteiger partial charge in [0.2, 0.25) is 11.8 Å². The molecule has 0 unspecified atom stereocenters. The minimum Gasteiger partial charge on any atom is -0.494 e. The molecule has 230 valence electrons. The van der Waals surface area contributed by atoms with E-state index in [0.717, 1.165) is 41.1 Å². The van der Waals surface area contributed by atoms with E-state index in [0.29, 0.717) is 24.5 Å². The van der Waals surface area contributed by atoms with Crippen molar-refractivity contribution in [3.63, 3.8) is 0 Å². The van der Waals surface area contributed by atoms with E-state index in [1.165, 1.54) is 11.3 Å². The number of ether oxygens (including phenoxy) is 1. The van der Waals surface area contributed by atoms with Crippen molar-refractivity contribution in [2.24, 2.45) is 0 Å². The zero-order valence-electron chi connectivity index (χ0n) is 25.4. The van der Waals surface area contributed by atoms with Gasteiger partial charge in [0.1, 0.15) is 18.3 Å². The lowest BCUT2D eigenvalue weighted by Crippen LogP contribution is -2.53. The number of benzene rings is 3. The first-order valence-corrected chi connectivity index (χ1v) is 16.6. The van der Waals surface area contributed by atoms with Crippen molar-refractivity contribution in [2.45, 2.75) is 76.3 Å². The minimum atomic E-state index is -4.12. The molecule has 3 aromatic carbocycles. The van der Waals surface area contributed by atoms with Gasteiger partial charge in [0.15, 0.2) is 0 Å². The second-order valence-corrected chi connectivity index (χ2v) is 13.0. The number of aryl methyl sites for hydroxylation is 1. The second kappa shape index (κ2) is 15.0. The van der Waals surface area contributed by atoms with Crippen LogP contribution < -0.4 is 14.4 Å². The highest BCUT2D eigenvalue weighted by atomic mass is 32.2. The van der Waals surface area contributed by atoms with E-state index in [2.05, 4.69) is 5.32 Å². The quantitative estimate of drug-likeness (QED) is 0.278. The smallest absolute Gasteiger partial charge is 0.264 e. The van der Waals surface area contributed by atoms with Crippen molar-refractivity contribution in [3.8, 4) is 5.75 Å². The molecule has 0 aromatic heterocycles. The lowest BCUT2D eigenvalue weighted by molar-refractivity contribution is -0.139. The van der Waals surface area contributed by atoms with Crippen LogP contribution in [0.3, 0.4) is 0 Å². The summed E-state index contributed by atoms with van der Waals surface area (Å²) in [5, 5.41) is 3.14. The maximum atomic E-state index is 14.1. The molecule has 0 aliphatic heterocycles. The Hall–Kier alpha value is -3.85. The maximum absolute atomic E-state index is 14.1. The molecule has 1 aliphatic rings. The zero-order chi connectivity index (χ0) is 30.8. The van der Waals surface area contributed by atoms with E-state index in [-0.39, 0.29) is 23.4 Å². The van der Waals surface area contributed by atoms with Gasteiger partial charge in [-0.05, 0) is 82.0 Å². The summed E-state index contributed by atoms with van der Waals surface area (Å²) < 4.78 is 34.7. The van der Waals surface area contributed by atoms with E-state index in [9.17, 15) is 18.0 Å². The number of carbonyl (C=O) groups excluding carboxylic acids is 2. The van der Waals surface area contributed by atoms with Gasteiger partial charge in [-0.3, -0.25) is 13.9 Å². The van der Waals surface area contributed by atoms with Gasteiger partial charge >= 0.3 is 0 Å². The number of anilines is 1. The third-order valence-electron chi connectivity index (χ3n) is 7.93. The van der Waals surface area contributed by atoms with Crippen molar-refractivity contribution in [3.05, 3.63) is 90.0 Å². The van der Waals surface area contributed by atoms with E-state index >= 15 is 0 Å². The van der Waals surface area contributed by atoms with Crippen LogP contribution in [0.5, 0.6) is 5.75 Å². The molecule has 1 saturated carbocycles. The average Bonchev–Trinajstić information content (AvgIpc) is 3.01. The average molecular weight is 606 g/mol. The summed E-state index contributed by atoms with van der Waals surface area (Å²) in [6.07, 6.45) is 5.70. The molecule has 0 bridgehead atoms. The predicted octanol–water partition coefficient (Wildman–Crippen LogP) is 5.50. The number of carbonyl (C=O) groups is 2. The van der Waals surface area contributed by atoms with Crippen LogP contribution in [0.25, 0.3) is 0 Å². The van der Waals surface area contributed by atoms with Gasteiger partial charge < -0.3 is 15.0 Å². The summed E-state index contributed by atoms with van der Waals surface area (Å²) in [7, 11) is -4.12. The summed E-state index contributed by atoms with van der Waals surface area (Å²) >= 11 is 0. The van der Waals surface area contributed by atoms with Crippen LogP contribution in [0, 0.1) is 6.92 Å². The molecule has 3 aromatic rings. The number of nitrogens with zero attached hydrogens (tertiary/aromatic N) is 2. The van der Waals surface area contributed by atoms with E-state index in [4.69, 9.17) is 4.74 Å². The van der Waals surface area contributed by atoms with Gasteiger partial charge in [-0.2, -0.15) is 0 Å². The number of hydrogen-bond donors (Lipinski definition) is 1. The van der Waals surface area contributed by atoms with Crippen molar-refractivity contribution < 1.29 is 22.7 Å². The second-order valence-electron chi connectivity index (χ2n) is 11.1. The molecular formula is C34H43N3O5S. The predicted molar refractivity (Wildman–Crippen MR) is 170 cm³/mol. The summed E-state index contributed by atoms with van der Waals surface area (Å²) in [6, 6.07) is 22.3. The highest BCUT2D eigenvalue weighted by Gasteiger charge is 2.33. The van der Waals surface area contributed by atoms with E-state index in [1.54, 1.807) is 55.5 Å². The largest absolute Gasteiger partial charge is 0.494 e. The highest BCUT2D eigenvalue weighted by molar-refractivity contribution is 7.92. The molecule has 8 nitrogen and oxygen atoms in total. The van der Waals surface area contributed by atoms with Crippen LogP contribution in [-0.4, -0.2) is 56.9 Å². The standard InChI is InChI=1S/C34H43N3O5S/c1-4-42-31-19-17-30(18-20-31)37(43(40,41)32-21-15-26(2)16-22-32)25-33(38)36(24-23-28-11-7-5-8-12-28)27(3)34(39)35-29-13-9-6-10-14-29/h5,7-8,11-12,15-22,27,29H,4,6,9-10,13-14,23-25H2,1-3H3,(H,35,39)/t27-/m0/s1. The van der Waals surface area contributed by atoms with E-state index < -0.39 is 28.5 Å². The van der Waals surface area contributed by atoms with Gasteiger partial charge in [0, 0.05) is 12.6 Å². The summed E-state index contributed by atoms with van der Waals surface area (Å²) in [5.74, 6) is -0.0723.